The van der Waals surface area contributed by atoms with Crippen molar-refractivity contribution in [1.82, 2.24) is 10.6 Å². The second-order valence-corrected chi connectivity index (χ2v) is 7.59. The Morgan fingerprint density at radius 1 is 1.16 bits per heavy atom. The van der Waals surface area contributed by atoms with Crippen molar-refractivity contribution in [2.75, 3.05) is 6.54 Å². The van der Waals surface area contributed by atoms with E-state index < -0.39 is 0 Å². The predicted molar refractivity (Wildman–Crippen MR) is 103 cm³/mol. The van der Waals surface area contributed by atoms with E-state index in [4.69, 9.17) is 11.6 Å². The van der Waals surface area contributed by atoms with Crippen LogP contribution in [0.1, 0.15) is 48.0 Å². The molecule has 2 N–H and O–H groups in total. The Morgan fingerprint density at radius 3 is 2.48 bits per heavy atom. The van der Waals surface area contributed by atoms with E-state index in [2.05, 4.69) is 24.5 Å². The van der Waals surface area contributed by atoms with Gasteiger partial charge in [-0.2, -0.15) is 0 Å². The molecule has 0 saturated carbocycles. The van der Waals surface area contributed by atoms with E-state index in [-0.39, 0.29) is 17.9 Å². The molecule has 2 amide bonds. The van der Waals surface area contributed by atoms with Crippen LogP contribution in [-0.4, -0.2) is 18.4 Å². The molecule has 2 rings (SSSR count). The van der Waals surface area contributed by atoms with Crippen molar-refractivity contribution in [3.63, 3.8) is 0 Å². The molecule has 0 saturated heterocycles. The number of halogens is 1. The van der Waals surface area contributed by atoms with Crippen LogP contribution >= 0.6 is 22.9 Å². The molecule has 1 heterocycles. The fourth-order valence-electron chi connectivity index (χ4n) is 2.43. The summed E-state index contributed by atoms with van der Waals surface area (Å²) in [7, 11) is 0. The number of benzene rings is 1. The van der Waals surface area contributed by atoms with Crippen molar-refractivity contribution < 1.29 is 9.59 Å². The van der Waals surface area contributed by atoms with Crippen molar-refractivity contribution in [2.24, 2.45) is 5.92 Å². The van der Waals surface area contributed by atoms with Crippen LogP contribution in [0.3, 0.4) is 0 Å². The van der Waals surface area contributed by atoms with Crippen LogP contribution in [0.15, 0.2) is 41.8 Å². The van der Waals surface area contributed by atoms with E-state index in [0.29, 0.717) is 35.9 Å². The molecule has 1 unspecified atom stereocenters. The van der Waals surface area contributed by atoms with Crippen LogP contribution in [0.2, 0.25) is 5.02 Å². The van der Waals surface area contributed by atoms with E-state index in [9.17, 15) is 9.59 Å². The minimum Gasteiger partial charge on any atom is -0.352 e. The van der Waals surface area contributed by atoms with E-state index in [1.54, 1.807) is 35.6 Å². The third-order valence-corrected chi connectivity index (χ3v) is 5.01. The molecule has 0 aliphatic heterocycles. The van der Waals surface area contributed by atoms with Crippen molar-refractivity contribution in [2.45, 2.75) is 32.7 Å². The topological polar surface area (TPSA) is 58.2 Å². The number of thiophene rings is 1. The van der Waals surface area contributed by atoms with Gasteiger partial charge >= 0.3 is 0 Å². The molecule has 1 atom stereocenters. The maximum atomic E-state index is 12.2. The molecule has 0 spiro atoms. The third-order valence-electron chi connectivity index (χ3n) is 3.81. The van der Waals surface area contributed by atoms with Gasteiger partial charge in [0.05, 0.1) is 6.04 Å². The fraction of sp³-hybridized carbons (Fsp3) is 0.368. The maximum absolute atomic E-state index is 12.2. The van der Waals surface area contributed by atoms with Crippen LogP contribution in [-0.2, 0) is 4.79 Å². The summed E-state index contributed by atoms with van der Waals surface area (Å²) in [5.74, 6) is 0.177. The first kappa shape index (κ1) is 19.5. The third kappa shape index (κ3) is 6.18. The first-order valence-electron chi connectivity index (χ1n) is 8.34. The Labute approximate surface area is 157 Å². The van der Waals surface area contributed by atoms with Gasteiger partial charge in [-0.15, -0.1) is 11.3 Å². The molecule has 0 aliphatic rings. The van der Waals surface area contributed by atoms with Gasteiger partial charge in [-0.05, 0) is 48.1 Å². The smallest absolute Gasteiger partial charge is 0.251 e. The zero-order valence-electron chi connectivity index (χ0n) is 14.4. The fourth-order valence-corrected chi connectivity index (χ4v) is 3.51. The Balaban J connectivity index is 1.73. The van der Waals surface area contributed by atoms with Gasteiger partial charge < -0.3 is 10.6 Å². The van der Waals surface area contributed by atoms with Gasteiger partial charge in [-0.1, -0.05) is 31.5 Å². The van der Waals surface area contributed by atoms with Gasteiger partial charge in [0.1, 0.15) is 0 Å². The monoisotopic (exact) mass is 378 g/mol. The molecule has 0 fully saturated rings. The molecule has 6 heteroatoms. The van der Waals surface area contributed by atoms with Gasteiger partial charge in [0, 0.05) is 28.4 Å². The number of carbonyl (C=O) groups is 2. The maximum Gasteiger partial charge on any atom is 0.251 e. The van der Waals surface area contributed by atoms with Crippen LogP contribution in [0.25, 0.3) is 0 Å². The summed E-state index contributed by atoms with van der Waals surface area (Å²) in [4.78, 5) is 25.3. The second kappa shape index (κ2) is 9.59. The van der Waals surface area contributed by atoms with Gasteiger partial charge in [-0.3, -0.25) is 9.59 Å². The van der Waals surface area contributed by atoms with E-state index in [1.807, 2.05) is 17.5 Å². The molecule has 25 heavy (non-hydrogen) atoms. The Kier molecular flexibility index (Phi) is 7.47. The molecule has 134 valence electrons. The molecule has 0 radical (unpaired) electrons. The molecule has 0 bridgehead atoms. The van der Waals surface area contributed by atoms with Gasteiger partial charge in [0.25, 0.3) is 5.91 Å². The Morgan fingerprint density at radius 2 is 1.88 bits per heavy atom. The predicted octanol–water partition coefficient (Wildman–Crippen LogP) is 4.43. The summed E-state index contributed by atoms with van der Waals surface area (Å²) in [6.07, 6.45) is 0.982. The minimum atomic E-state index is -0.157. The number of carbonyl (C=O) groups excluding carboxylic acids is 2. The van der Waals surface area contributed by atoms with Gasteiger partial charge in [0.15, 0.2) is 0 Å². The van der Waals surface area contributed by atoms with Crippen molar-refractivity contribution in [3.05, 3.63) is 57.2 Å². The highest BCUT2D eigenvalue weighted by Crippen LogP contribution is 2.25. The normalized spacial score (nSPS) is 12.0. The standard InChI is InChI=1S/C19H23ClN2O2S/c1-13(2)18(16-5-4-12-25-16)22-17(23)6-3-11-21-19(24)14-7-9-15(20)10-8-14/h4-5,7-10,12-13,18H,3,6,11H2,1-2H3,(H,21,24)(H,22,23). The number of nitrogens with one attached hydrogen (secondary N) is 2. The Bertz CT molecular complexity index is 684. The van der Waals surface area contributed by atoms with E-state index >= 15 is 0 Å². The van der Waals surface area contributed by atoms with Crippen LogP contribution < -0.4 is 10.6 Å². The lowest BCUT2D eigenvalue weighted by Crippen LogP contribution is -2.32. The molecule has 0 aliphatic carbocycles. The summed E-state index contributed by atoms with van der Waals surface area (Å²) in [5, 5.41) is 8.52. The average Bonchev–Trinajstić information content (AvgIpc) is 3.11. The molecular formula is C19H23ClN2O2S. The highest BCUT2D eigenvalue weighted by Gasteiger charge is 2.18. The number of amides is 2. The minimum absolute atomic E-state index is 0.00726. The van der Waals surface area contributed by atoms with Crippen molar-refractivity contribution >= 4 is 34.8 Å². The molecule has 1 aromatic carbocycles. The zero-order valence-corrected chi connectivity index (χ0v) is 16.0. The number of hydrogen-bond donors (Lipinski definition) is 2. The number of hydrogen-bond acceptors (Lipinski definition) is 3. The van der Waals surface area contributed by atoms with E-state index in [1.165, 1.54) is 4.88 Å². The highest BCUT2D eigenvalue weighted by atomic mass is 35.5. The largest absolute Gasteiger partial charge is 0.352 e. The van der Waals surface area contributed by atoms with E-state index in [0.717, 1.165) is 0 Å². The lowest BCUT2D eigenvalue weighted by molar-refractivity contribution is -0.122. The Hall–Kier alpha value is -1.85. The van der Waals surface area contributed by atoms with Crippen molar-refractivity contribution in [1.29, 1.82) is 0 Å². The van der Waals surface area contributed by atoms with Crippen LogP contribution in [0, 0.1) is 5.92 Å². The SMILES string of the molecule is CC(C)C(NC(=O)CCCNC(=O)c1ccc(Cl)cc1)c1cccs1. The molecular weight excluding hydrogens is 356 g/mol. The lowest BCUT2D eigenvalue weighted by Gasteiger charge is -2.21. The molecule has 4 nitrogen and oxygen atoms in total. The van der Waals surface area contributed by atoms with Crippen LogP contribution in [0.5, 0.6) is 0 Å². The van der Waals surface area contributed by atoms with Gasteiger partial charge in [0.2, 0.25) is 5.91 Å². The summed E-state index contributed by atoms with van der Waals surface area (Å²) in [6.45, 7) is 4.65. The first-order valence-corrected chi connectivity index (χ1v) is 9.59. The second-order valence-electron chi connectivity index (χ2n) is 6.17. The zero-order chi connectivity index (χ0) is 18.2. The lowest BCUT2D eigenvalue weighted by atomic mass is 10.0. The van der Waals surface area contributed by atoms with Gasteiger partial charge in [-0.25, -0.2) is 0 Å². The summed E-state index contributed by atoms with van der Waals surface area (Å²) in [6, 6.07) is 10.8. The summed E-state index contributed by atoms with van der Waals surface area (Å²) < 4.78 is 0. The number of rotatable bonds is 8. The highest BCUT2D eigenvalue weighted by molar-refractivity contribution is 7.10. The van der Waals surface area contributed by atoms with Crippen LogP contribution in [0.4, 0.5) is 0 Å². The quantitative estimate of drug-likeness (QED) is 0.668. The summed E-state index contributed by atoms with van der Waals surface area (Å²) >= 11 is 7.45. The van der Waals surface area contributed by atoms with Crippen molar-refractivity contribution in [3.8, 4) is 0 Å². The molecule has 1 aromatic heterocycles. The molecule has 2 aromatic rings. The summed E-state index contributed by atoms with van der Waals surface area (Å²) in [5.41, 5.74) is 0.561. The first-order chi connectivity index (χ1) is 12.0. The average molecular weight is 379 g/mol.